The van der Waals surface area contributed by atoms with E-state index in [1.165, 1.54) is 0 Å². The third-order valence-corrected chi connectivity index (χ3v) is 1.63. The molecular weight excluding hydrogens is 128 g/mol. The van der Waals surface area contributed by atoms with Crippen molar-refractivity contribution in [3.8, 4) is 0 Å². The van der Waals surface area contributed by atoms with Crippen LogP contribution in [-0.4, -0.2) is 18.4 Å². The topological polar surface area (TPSA) is 72.3 Å². The van der Waals surface area contributed by atoms with Crippen molar-refractivity contribution in [1.29, 1.82) is 0 Å². The summed E-state index contributed by atoms with van der Waals surface area (Å²) in [6.07, 6.45) is 3.11. The Kier molecular flexibility index (Phi) is 5.16. The molecule has 0 aliphatic heterocycles. The quantitative estimate of drug-likeness (QED) is 0.460. The maximum absolute atomic E-state index is 10.7. The molecule has 10 heavy (non-hydrogen) atoms. The van der Waals surface area contributed by atoms with Crippen molar-refractivity contribution in [2.24, 2.45) is 0 Å². The average Bonchev–Trinajstić information content (AvgIpc) is 1.88. The van der Waals surface area contributed by atoms with Gasteiger partial charge in [-0.2, -0.15) is 0 Å². The molecular formula is C7H18N2O+2. The molecule has 3 nitrogen and oxygen atoms in total. The van der Waals surface area contributed by atoms with Gasteiger partial charge in [-0.05, 0) is 12.8 Å². The molecule has 0 saturated carbocycles. The number of hydrogen-bond donors (Lipinski definition) is 2. The molecule has 0 amide bonds. The van der Waals surface area contributed by atoms with Crippen molar-refractivity contribution in [2.45, 2.75) is 32.2 Å². The van der Waals surface area contributed by atoms with Crippen LogP contribution >= 0.6 is 0 Å². The first kappa shape index (κ1) is 9.59. The van der Waals surface area contributed by atoms with Crippen LogP contribution in [0.2, 0.25) is 0 Å². The Balaban J connectivity index is 3.21. The summed E-state index contributed by atoms with van der Waals surface area (Å²) in [4.78, 5) is 10.7. The van der Waals surface area contributed by atoms with Gasteiger partial charge in [0, 0.05) is 13.3 Å². The van der Waals surface area contributed by atoms with Gasteiger partial charge in [-0.25, -0.2) is 0 Å². The van der Waals surface area contributed by atoms with Gasteiger partial charge in [0.05, 0.1) is 6.54 Å². The highest BCUT2D eigenvalue weighted by Crippen LogP contribution is 1.96. The first-order valence-corrected chi connectivity index (χ1v) is 3.81. The number of carbonyl (C=O) groups is 1. The van der Waals surface area contributed by atoms with E-state index in [0.717, 1.165) is 25.8 Å². The number of hydrogen-bond acceptors (Lipinski definition) is 1. The van der Waals surface area contributed by atoms with Crippen molar-refractivity contribution in [1.82, 2.24) is 0 Å². The molecule has 0 aliphatic carbocycles. The van der Waals surface area contributed by atoms with Gasteiger partial charge in [0.15, 0.2) is 5.78 Å². The van der Waals surface area contributed by atoms with Crippen LogP contribution in [0, 0.1) is 0 Å². The van der Waals surface area contributed by atoms with E-state index in [2.05, 4.69) is 11.5 Å². The first-order chi connectivity index (χ1) is 4.68. The zero-order valence-electron chi connectivity index (χ0n) is 6.73. The van der Waals surface area contributed by atoms with E-state index in [0.29, 0.717) is 0 Å². The Bertz CT molecular complexity index is 104. The predicted octanol–water partition coefficient (Wildman–Crippen LogP) is -1.40. The van der Waals surface area contributed by atoms with E-state index in [-0.39, 0.29) is 11.8 Å². The lowest BCUT2D eigenvalue weighted by atomic mass is 10.1. The molecule has 0 aliphatic rings. The van der Waals surface area contributed by atoms with E-state index in [1.807, 2.05) is 0 Å². The van der Waals surface area contributed by atoms with Crippen molar-refractivity contribution >= 4 is 5.78 Å². The number of quaternary nitrogens is 2. The second-order valence-electron chi connectivity index (χ2n) is 2.66. The number of Topliss-reactive ketones (excluding diaryl/α,β-unsaturated/α-hetero) is 1. The molecule has 0 aromatic rings. The van der Waals surface area contributed by atoms with E-state index in [4.69, 9.17) is 0 Å². The van der Waals surface area contributed by atoms with Gasteiger partial charge in [-0.15, -0.1) is 0 Å². The van der Waals surface area contributed by atoms with Gasteiger partial charge >= 0.3 is 0 Å². The van der Waals surface area contributed by atoms with Gasteiger partial charge in [0.25, 0.3) is 0 Å². The fourth-order valence-corrected chi connectivity index (χ4v) is 0.771. The van der Waals surface area contributed by atoms with Crippen molar-refractivity contribution in [3.05, 3.63) is 0 Å². The van der Waals surface area contributed by atoms with Crippen LogP contribution in [0.3, 0.4) is 0 Å². The normalized spacial score (nSPS) is 13.1. The largest absolute Gasteiger partial charge is 0.358 e. The summed E-state index contributed by atoms with van der Waals surface area (Å²) in [7, 11) is 0. The number of ketones is 1. The van der Waals surface area contributed by atoms with Gasteiger partial charge < -0.3 is 11.5 Å². The molecule has 1 unspecified atom stereocenters. The minimum absolute atomic E-state index is 0.00606. The summed E-state index contributed by atoms with van der Waals surface area (Å²) in [5.41, 5.74) is 7.46. The molecule has 0 radical (unpaired) electrons. The van der Waals surface area contributed by atoms with Crippen LogP contribution in [0.4, 0.5) is 0 Å². The minimum Gasteiger partial charge on any atom is -0.358 e. The third-order valence-electron chi connectivity index (χ3n) is 1.63. The van der Waals surface area contributed by atoms with Gasteiger partial charge in [0.1, 0.15) is 6.04 Å². The predicted molar refractivity (Wildman–Crippen MR) is 39.0 cm³/mol. The Hall–Kier alpha value is -0.410. The highest BCUT2D eigenvalue weighted by atomic mass is 16.1. The van der Waals surface area contributed by atoms with Crippen molar-refractivity contribution in [2.75, 3.05) is 6.54 Å². The molecule has 0 aromatic carbocycles. The molecule has 0 aromatic heterocycles. The molecule has 0 bridgehead atoms. The fourth-order valence-electron chi connectivity index (χ4n) is 0.771. The Morgan fingerprint density at radius 3 is 2.50 bits per heavy atom. The first-order valence-electron chi connectivity index (χ1n) is 3.81. The molecule has 0 saturated heterocycles. The number of carbonyl (C=O) groups excluding carboxylic acids is 1. The standard InChI is InChI=1S/C7H16N2O/c1-6(10)7(9)4-2-3-5-8/h7H,2-5,8-9H2,1H3/p+2. The molecule has 0 spiro atoms. The van der Waals surface area contributed by atoms with Gasteiger partial charge in [-0.3, -0.25) is 4.79 Å². The summed E-state index contributed by atoms with van der Waals surface area (Å²) < 4.78 is 0. The van der Waals surface area contributed by atoms with Gasteiger partial charge in [-0.1, -0.05) is 0 Å². The highest BCUT2D eigenvalue weighted by Gasteiger charge is 2.10. The van der Waals surface area contributed by atoms with Crippen LogP contribution in [-0.2, 0) is 4.79 Å². The maximum atomic E-state index is 10.7. The monoisotopic (exact) mass is 146 g/mol. The highest BCUT2D eigenvalue weighted by molar-refractivity contribution is 5.79. The summed E-state index contributed by atoms with van der Waals surface area (Å²) in [5.74, 6) is 0.198. The zero-order chi connectivity index (χ0) is 7.98. The second kappa shape index (κ2) is 5.38. The average molecular weight is 146 g/mol. The Morgan fingerprint density at radius 2 is 2.10 bits per heavy atom. The fraction of sp³-hybridized carbons (Fsp3) is 0.857. The lowest BCUT2D eigenvalue weighted by Crippen LogP contribution is -2.64. The molecule has 60 valence electrons. The summed E-state index contributed by atoms with van der Waals surface area (Å²) in [6, 6.07) is 0.00606. The number of rotatable bonds is 5. The smallest absolute Gasteiger partial charge is 0.186 e. The molecule has 3 heteroatoms. The molecule has 6 N–H and O–H groups in total. The Morgan fingerprint density at radius 1 is 1.50 bits per heavy atom. The van der Waals surface area contributed by atoms with Crippen LogP contribution in [0.1, 0.15) is 26.2 Å². The lowest BCUT2D eigenvalue weighted by Gasteiger charge is -2.01. The SMILES string of the molecule is CC(=O)C([NH3+])CCCC[NH3+]. The maximum Gasteiger partial charge on any atom is 0.186 e. The van der Waals surface area contributed by atoms with Crippen molar-refractivity contribution < 1.29 is 16.3 Å². The lowest BCUT2D eigenvalue weighted by molar-refractivity contribution is -0.405. The molecule has 0 heterocycles. The van der Waals surface area contributed by atoms with Crippen LogP contribution in [0.25, 0.3) is 0 Å². The summed E-state index contributed by atoms with van der Waals surface area (Å²) in [6.45, 7) is 2.56. The van der Waals surface area contributed by atoms with E-state index in [9.17, 15) is 4.79 Å². The Labute approximate surface area is 61.8 Å². The number of unbranched alkanes of at least 4 members (excludes halogenated alkanes) is 1. The third kappa shape index (κ3) is 4.47. The van der Waals surface area contributed by atoms with Crippen LogP contribution in [0.5, 0.6) is 0 Å². The molecule has 0 rings (SSSR count). The van der Waals surface area contributed by atoms with Crippen molar-refractivity contribution in [3.63, 3.8) is 0 Å². The van der Waals surface area contributed by atoms with E-state index in [1.54, 1.807) is 6.92 Å². The molecule has 1 atom stereocenters. The van der Waals surface area contributed by atoms with Crippen LogP contribution < -0.4 is 11.5 Å². The summed E-state index contributed by atoms with van der Waals surface area (Å²) in [5, 5.41) is 0. The summed E-state index contributed by atoms with van der Waals surface area (Å²) >= 11 is 0. The van der Waals surface area contributed by atoms with E-state index >= 15 is 0 Å². The zero-order valence-corrected chi connectivity index (χ0v) is 6.73. The van der Waals surface area contributed by atoms with Gasteiger partial charge in [0.2, 0.25) is 0 Å². The van der Waals surface area contributed by atoms with Crippen LogP contribution in [0.15, 0.2) is 0 Å². The second-order valence-corrected chi connectivity index (χ2v) is 2.66. The minimum atomic E-state index is 0.00606. The molecule has 0 fully saturated rings. The van der Waals surface area contributed by atoms with E-state index < -0.39 is 0 Å².